The molecule has 0 aromatic carbocycles. The number of rotatable bonds is 3. The highest BCUT2D eigenvalue weighted by molar-refractivity contribution is 5.80. The maximum Gasteiger partial charge on any atom is 0.226 e. The Balaban J connectivity index is 1.47. The SMILES string of the molecule is O=C([C@H]1CC=CCC1)N1CC(Nc2cccnn2)C1. The number of amides is 1. The van der Waals surface area contributed by atoms with Crippen LogP contribution in [0.3, 0.4) is 0 Å². The van der Waals surface area contributed by atoms with Gasteiger partial charge in [0, 0.05) is 25.2 Å². The summed E-state index contributed by atoms with van der Waals surface area (Å²) in [6, 6.07) is 4.05. The first kappa shape index (κ1) is 12.1. The molecule has 1 aliphatic carbocycles. The Bertz CT molecular complexity index is 468. The van der Waals surface area contributed by atoms with Crippen LogP contribution in [0.25, 0.3) is 0 Å². The van der Waals surface area contributed by atoms with Gasteiger partial charge >= 0.3 is 0 Å². The molecule has 0 unspecified atom stereocenters. The molecular weight excluding hydrogens is 240 g/mol. The molecule has 0 radical (unpaired) electrons. The molecule has 0 saturated carbocycles. The third-order valence-electron chi connectivity index (χ3n) is 3.74. The van der Waals surface area contributed by atoms with Crippen molar-refractivity contribution in [2.24, 2.45) is 5.92 Å². The highest BCUT2D eigenvalue weighted by atomic mass is 16.2. The number of anilines is 1. The number of hydrogen-bond acceptors (Lipinski definition) is 4. The molecule has 2 heterocycles. The van der Waals surface area contributed by atoms with Crippen LogP contribution in [-0.2, 0) is 4.79 Å². The number of nitrogens with zero attached hydrogens (tertiary/aromatic N) is 3. The molecule has 0 spiro atoms. The summed E-state index contributed by atoms with van der Waals surface area (Å²) in [5, 5.41) is 11.1. The Hall–Kier alpha value is -1.91. The predicted octanol–water partition coefficient (Wildman–Crippen LogP) is 1.46. The second kappa shape index (κ2) is 5.38. The Labute approximate surface area is 112 Å². The summed E-state index contributed by atoms with van der Waals surface area (Å²) < 4.78 is 0. The zero-order valence-electron chi connectivity index (χ0n) is 10.8. The summed E-state index contributed by atoms with van der Waals surface area (Å²) in [7, 11) is 0. The lowest BCUT2D eigenvalue weighted by Crippen LogP contribution is -2.58. The highest BCUT2D eigenvalue weighted by Crippen LogP contribution is 2.23. The summed E-state index contributed by atoms with van der Waals surface area (Å²) in [6.07, 6.45) is 8.87. The van der Waals surface area contributed by atoms with Gasteiger partial charge in [0.25, 0.3) is 0 Å². The maximum absolute atomic E-state index is 12.2. The Morgan fingerprint density at radius 3 is 2.95 bits per heavy atom. The molecule has 3 rings (SSSR count). The van der Waals surface area contributed by atoms with Crippen LogP contribution in [0.1, 0.15) is 19.3 Å². The zero-order valence-corrected chi connectivity index (χ0v) is 10.8. The van der Waals surface area contributed by atoms with Gasteiger partial charge in [-0.1, -0.05) is 12.2 Å². The van der Waals surface area contributed by atoms with Crippen molar-refractivity contribution >= 4 is 11.7 Å². The van der Waals surface area contributed by atoms with Crippen LogP contribution in [0.5, 0.6) is 0 Å². The molecule has 5 nitrogen and oxygen atoms in total. The largest absolute Gasteiger partial charge is 0.362 e. The van der Waals surface area contributed by atoms with Crippen molar-refractivity contribution in [1.29, 1.82) is 0 Å². The van der Waals surface area contributed by atoms with Gasteiger partial charge in [0.15, 0.2) is 0 Å². The molecule has 1 aromatic heterocycles. The first-order valence-corrected chi connectivity index (χ1v) is 6.81. The van der Waals surface area contributed by atoms with E-state index >= 15 is 0 Å². The second-order valence-corrected chi connectivity index (χ2v) is 5.17. The molecule has 100 valence electrons. The molecule has 1 aromatic rings. The van der Waals surface area contributed by atoms with Gasteiger partial charge in [-0.05, 0) is 31.4 Å². The lowest BCUT2D eigenvalue weighted by Gasteiger charge is -2.41. The van der Waals surface area contributed by atoms with E-state index < -0.39 is 0 Å². The van der Waals surface area contributed by atoms with Crippen molar-refractivity contribution in [3.63, 3.8) is 0 Å². The van der Waals surface area contributed by atoms with Gasteiger partial charge in [-0.2, -0.15) is 5.10 Å². The Morgan fingerprint density at radius 1 is 1.37 bits per heavy atom. The van der Waals surface area contributed by atoms with Crippen molar-refractivity contribution in [3.05, 3.63) is 30.5 Å². The molecular formula is C14H18N4O. The minimum Gasteiger partial charge on any atom is -0.362 e. The lowest BCUT2D eigenvalue weighted by atomic mass is 9.91. The van der Waals surface area contributed by atoms with Crippen molar-refractivity contribution in [2.45, 2.75) is 25.3 Å². The molecule has 19 heavy (non-hydrogen) atoms. The van der Waals surface area contributed by atoms with Gasteiger partial charge in [0.05, 0.1) is 6.04 Å². The summed E-state index contributed by atoms with van der Waals surface area (Å²) in [4.78, 5) is 14.2. The fourth-order valence-corrected chi connectivity index (χ4v) is 2.61. The van der Waals surface area contributed by atoms with Crippen LogP contribution < -0.4 is 5.32 Å². The average Bonchev–Trinajstić information content (AvgIpc) is 2.44. The van der Waals surface area contributed by atoms with E-state index in [2.05, 4.69) is 27.7 Å². The summed E-state index contributed by atoms with van der Waals surface area (Å²) >= 11 is 0. The van der Waals surface area contributed by atoms with Gasteiger partial charge < -0.3 is 10.2 Å². The first-order chi connectivity index (χ1) is 9.33. The normalized spacial score (nSPS) is 22.9. The van der Waals surface area contributed by atoms with Crippen molar-refractivity contribution in [1.82, 2.24) is 15.1 Å². The fraction of sp³-hybridized carbons (Fsp3) is 0.500. The summed E-state index contributed by atoms with van der Waals surface area (Å²) in [5.74, 6) is 1.28. The standard InChI is InChI=1S/C14H18N4O/c19-14(11-5-2-1-3-6-11)18-9-12(10-18)16-13-7-4-8-15-17-13/h1-2,4,7-8,11-12H,3,5-6,9-10H2,(H,16,17)/t11-/m0/s1. The highest BCUT2D eigenvalue weighted by Gasteiger charge is 2.34. The van der Waals surface area contributed by atoms with Crippen LogP contribution in [0, 0.1) is 5.92 Å². The Kier molecular flexibility index (Phi) is 3.44. The third-order valence-corrected chi connectivity index (χ3v) is 3.74. The zero-order chi connectivity index (χ0) is 13.1. The van der Waals surface area contributed by atoms with E-state index in [4.69, 9.17) is 0 Å². The minimum atomic E-state index is 0.197. The number of allylic oxidation sites excluding steroid dienone is 2. The molecule has 1 saturated heterocycles. The smallest absolute Gasteiger partial charge is 0.226 e. The molecule has 0 bridgehead atoms. The van der Waals surface area contributed by atoms with E-state index in [1.54, 1.807) is 6.20 Å². The number of nitrogens with one attached hydrogen (secondary N) is 1. The second-order valence-electron chi connectivity index (χ2n) is 5.17. The van der Waals surface area contributed by atoms with Gasteiger partial charge in [0.1, 0.15) is 5.82 Å². The van der Waals surface area contributed by atoms with Crippen molar-refractivity contribution < 1.29 is 4.79 Å². The minimum absolute atomic E-state index is 0.197. The van der Waals surface area contributed by atoms with E-state index in [0.717, 1.165) is 38.2 Å². The number of carbonyl (C=O) groups is 1. The summed E-state index contributed by atoms with van der Waals surface area (Å²) in [6.45, 7) is 1.55. The van der Waals surface area contributed by atoms with Gasteiger partial charge in [-0.15, -0.1) is 5.10 Å². The number of hydrogen-bond donors (Lipinski definition) is 1. The quantitative estimate of drug-likeness (QED) is 0.834. The van der Waals surface area contributed by atoms with Crippen LogP contribution in [0.2, 0.25) is 0 Å². The van der Waals surface area contributed by atoms with E-state index in [-0.39, 0.29) is 5.92 Å². The monoisotopic (exact) mass is 258 g/mol. The first-order valence-electron chi connectivity index (χ1n) is 6.81. The topological polar surface area (TPSA) is 58.1 Å². The average molecular weight is 258 g/mol. The molecule has 1 aliphatic heterocycles. The molecule has 1 atom stereocenters. The van der Waals surface area contributed by atoms with E-state index in [1.165, 1.54) is 0 Å². The van der Waals surface area contributed by atoms with E-state index in [0.29, 0.717) is 11.9 Å². The van der Waals surface area contributed by atoms with Crippen molar-refractivity contribution in [3.8, 4) is 0 Å². The fourth-order valence-electron chi connectivity index (χ4n) is 2.61. The number of likely N-dealkylation sites (tertiary alicyclic amines) is 1. The molecule has 5 heteroatoms. The summed E-state index contributed by atoms with van der Waals surface area (Å²) in [5.41, 5.74) is 0. The lowest BCUT2D eigenvalue weighted by molar-refractivity contribution is -0.139. The predicted molar refractivity (Wildman–Crippen MR) is 72.5 cm³/mol. The molecule has 1 amide bonds. The van der Waals surface area contributed by atoms with Gasteiger partial charge in [0.2, 0.25) is 5.91 Å². The molecule has 1 N–H and O–H groups in total. The van der Waals surface area contributed by atoms with E-state index in [1.807, 2.05) is 17.0 Å². The van der Waals surface area contributed by atoms with Gasteiger partial charge in [-0.3, -0.25) is 4.79 Å². The van der Waals surface area contributed by atoms with Crippen LogP contribution >= 0.6 is 0 Å². The van der Waals surface area contributed by atoms with Gasteiger partial charge in [-0.25, -0.2) is 0 Å². The van der Waals surface area contributed by atoms with Crippen LogP contribution in [-0.4, -0.2) is 40.1 Å². The molecule has 2 aliphatic rings. The number of carbonyl (C=O) groups excluding carboxylic acids is 1. The Morgan fingerprint density at radius 2 is 2.26 bits per heavy atom. The van der Waals surface area contributed by atoms with Crippen LogP contribution in [0.15, 0.2) is 30.5 Å². The third kappa shape index (κ3) is 2.75. The molecule has 1 fully saturated rings. The van der Waals surface area contributed by atoms with E-state index in [9.17, 15) is 4.79 Å². The van der Waals surface area contributed by atoms with Crippen molar-refractivity contribution in [2.75, 3.05) is 18.4 Å². The maximum atomic E-state index is 12.2. The number of aromatic nitrogens is 2. The van der Waals surface area contributed by atoms with Crippen LogP contribution in [0.4, 0.5) is 5.82 Å².